The van der Waals surface area contributed by atoms with Crippen molar-refractivity contribution in [1.82, 2.24) is 24.3 Å². The molecule has 1 saturated heterocycles. The summed E-state index contributed by atoms with van der Waals surface area (Å²) < 4.78 is 34.4. The van der Waals surface area contributed by atoms with Crippen molar-refractivity contribution >= 4 is 15.8 Å². The van der Waals surface area contributed by atoms with Crippen LogP contribution in [0.5, 0.6) is 5.75 Å². The summed E-state index contributed by atoms with van der Waals surface area (Å²) in [5.41, 5.74) is 0.906. The zero-order chi connectivity index (χ0) is 20.4. The highest BCUT2D eigenvalue weighted by atomic mass is 32.2. The molecule has 1 fully saturated rings. The summed E-state index contributed by atoms with van der Waals surface area (Å²) >= 11 is 0. The van der Waals surface area contributed by atoms with Crippen molar-refractivity contribution in [2.24, 2.45) is 0 Å². The first-order valence-corrected chi connectivity index (χ1v) is 10.7. The van der Waals surface area contributed by atoms with E-state index in [1.165, 1.54) is 11.4 Å². The van der Waals surface area contributed by atoms with E-state index in [-0.39, 0.29) is 4.90 Å². The number of methoxy groups -OCH3 is 1. The topological polar surface area (TPSA) is 93.5 Å². The molecule has 4 rings (SSSR count). The Balaban J connectivity index is 1.45. The lowest BCUT2D eigenvalue weighted by Gasteiger charge is -2.34. The van der Waals surface area contributed by atoms with Gasteiger partial charge >= 0.3 is 0 Å². The predicted octanol–water partition coefficient (Wildman–Crippen LogP) is 1.49. The summed E-state index contributed by atoms with van der Waals surface area (Å²) in [6.45, 7) is 3.70. The van der Waals surface area contributed by atoms with Gasteiger partial charge in [0.25, 0.3) is 0 Å². The van der Waals surface area contributed by atoms with Crippen molar-refractivity contribution in [2.45, 2.75) is 11.8 Å². The maximum Gasteiger partial charge on any atom is 0.246 e. The van der Waals surface area contributed by atoms with Crippen molar-refractivity contribution in [3.8, 4) is 11.6 Å². The van der Waals surface area contributed by atoms with Crippen LogP contribution in [0.4, 0.5) is 5.82 Å². The van der Waals surface area contributed by atoms with Crippen LogP contribution in [0.15, 0.2) is 53.6 Å². The van der Waals surface area contributed by atoms with E-state index < -0.39 is 10.0 Å². The molecule has 0 N–H and O–H groups in total. The fraction of sp³-hybridized carbons (Fsp3) is 0.316. The molecular weight excluding hydrogens is 392 g/mol. The summed E-state index contributed by atoms with van der Waals surface area (Å²) in [5, 5.41) is 12.8. The molecule has 0 bridgehead atoms. The molecule has 9 nitrogen and oxygen atoms in total. The van der Waals surface area contributed by atoms with E-state index in [9.17, 15) is 8.42 Å². The Labute approximate surface area is 169 Å². The first-order valence-electron chi connectivity index (χ1n) is 9.23. The number of benzene rings is 1. The number of aryl methyl sites for hydroxylation is 1. The third kappa shape index (κ3) is 3.81. The van der Waals surface area contributed by atoms with Crippen molar-refractivity contribution < 1.29 is 13.2 Å². The van der Waals surface area contributed by atoms with Crippen LogP contribution < -0.4 is 9.64 Å². The van der Waals surface area contributed by atoms with Crippen molar-refractivity contribution in [1.29, 1.82) is 0 Å². The number of nitrogens with zero attached hydrogens (tertiary/aromatic N) is 6. The fourth-order valence-electron chi connectivity index (χ4n) is 3.28. The SMILES string of the molecule is COc1ccccc1S(=O)(=O)N1CCN(c2ccc(-n3ccc(C)n3)nn2)CC1. The number of hydrogen-bond donors (Lipinski definition) is 0. The second kappa shape index (κ2) is 7.80. The summed E-state index contributed by atoms with van der Waals surface area (Å²) in [7, 11) is -2.15. The molecule has 152 valence electrons. The van der Waals surface area contributed by atoms with E-state index >= 15 is 0 Å². The van der Waals surface area contributed by atoms with E-state index in [0.29, 0.717) is 43.6 Å². The minimum absolute atomic E-state index is 0.189. The van der Waals surface area contributed by atoms with Crippen molar-refractivity contribution in [3.05, 3.63) is 54.4 Å². The molecule has 29 heavy (non-hydrogen) atoms. The number of sulfonamides is 1. The van der Waals surface area contributed by atoms with Gasteiger partial charge in [0, 0.05) is 32.4 Å². The number of aromatic nitrogens is 4. The summed E-state index contributed by atoms with van der Waals surface area (Å²) in [4.78, 5) is 2.22. The van der Waals surface area contributed by atoms with Gasteiger partial charge in [-0.25, -0.2) is 13.1 Å². The van der Waals surface area contributed by atoms with Crippen LogP contribution in [0.25, 0.3) is 5.82 Å². The lowest BCUT2D eigenvalue weighted by atomic mass is 10.3. The van der Waals surface area contributed by atoms with Gasteiger partial charge in [0.15, 0.2) is 11.6 Å². The zero-order valence-electron chi connectivity index (χ0n) is 16.3. The molecular formula is C19H22N6O3S. The molecule has 1 aliphatic rings. The summed E-state index contributed by atoms with van der Waals surface area (Å²) in [5.74, 6) is 1.71. The molecule has 2 aromatic heterocycles. The van der Waals surface area contributed by atoms with Gasteiger partial charge in [0.1, 0.15) is 10.6 Å². The monoisotopic (exact) mass is 414 g/mol. The first kappa shape index (κ1) is 19.3. The molecule has 3 heterocycles. The molecule has 3 aromatic rings. The highest BCUT2D eigenvalue weighted by Gasteiger charge is 2.31. The standard InChI is InChI=1S/C19H22N6O3S/c1-15-9-10-25(22-15)19-8-7-18(20-21-19)23-11-13-24(14-12-23)29(26,27)17-6-4-3-5-16(17)28-2/h3-10H,11-14H2,1-2H3. The van der Waals surface area contributed by atoms with Gasteiger partial charge in [-0.3, -0.25) is 0 Å². The van der Waals surface area contributed by atoms with E-state index in [0.717, 1.165) is 5.69 Å². The van der Waals surface area contributed by atoms with Crippen LogP contribution in [0, 0.1) is 6.92 Å². The normalized spacial score (nSPS) is 15.4. The van der Waals surface area contributed by atoms with Crippen LogP contribution in [-0.2, 0) is 10.0 Å². The van der Waals surface area contributed by atoms with Gasteiger partial charge in [-0.2, -0.15) is 9.40 Å². The highest BCUT2D eigenvalue weighted by molar-refractivity contribution is 7.89. The van der Waals surface area contributed by atoms with E-state index in [1.807, 2.05) is 36.2 Å². The third-order valence-corrected chi connectivity index (χ3v) is 6.78. The number of piperazine rings is 1. The molecule has 0 atom stereocenters. The van der Waals surface area contributed by atoms with Gasteiger partial charge in [-0.05, 0) is 37.3 Å². The third-order valence-electron chi connectivity index (χ3n) is 4.84. The number of para-hydroxylation sites is 1. The Kier molecular flexibility index (Phi) is 5.20. The van der Waals surface area contributed by atoms with Crippen LogP contribution in [0.3, 0.4) is 0 Å². The van der Waals surface area contributed by atoms with Gasteiger partial charge in [0.05, 0.1) is 12.8 Å². The van der Waals surface area contributed by atoms with Gasteiger partial charge in [-0.15, -0.1) is 10.2 Å². The van der Waals surface area contributed by atoms with Crippen LogP contribution in [0.1, 0.15) is 5.69 Å². The average molecular weight is 414 g/mol. The number of ether oxygens (including phenoxy) is 1. The molecule has 1 aliphatic heterocycles. The average Bonchev–Trinajstić information content (AvgIpc) is 3.20. The maximum atomic E-state index is 13.0. The van der Waals surface area contributed by atoms with Crippen molar-refractivity contribution in [3.63, 3.8) is 0 Å². The zero-order valence-corrected chi connectivity index (χ0v) is 17.1. The second-order valence-corrected chi connectivity index (χ2v) is 8.60. The van der Waals surface area contributed by atoms with Crippen LogP contribution >= 0.6 is 0 Å². The van der Waals surface area contributed by atoms with Crippen LogP contribution in [-0.4, -0.2) is 66.0 Å². The smallest absolute Gasteiger partial charge is 0.246 e. The number of hydrogen-bond acceptors (Lipinski definition) is 7. The Hall–Kier alpha value is -2.98. The number of rotatable bonds is 5. The summed E-state index contributed by atoms with van der Waals surface area (Å²) in [6.07, 6.45) is 1.83. The molecule has 10 heteroatoms. The molecule has 0 aliphatic carbocycles. The van der Waals surface area contributed by atoms with Crippen LogP contribution in [0.2, 0.25) is 0 Å². The van der Waals surface area contributed by atoms with E-state index in [4.69, 9.17) is 4.74 Å². The molecule has 0 amide bonds. The number of anilines is 1. The lowest BCUT2D eigenvalue weighted by molar-refractivity contribution is 0.373. The van der Waals surface area contributed by atoms with E-state index in [2.05, 4.69) is 15.3 Å². The second-order valence-electron chi connectivity index (χ2n) is 6.69. The molecule has 0 radical (unpaired) electrons. The maximum absolute atomic E-state index is 13.0. The molecule has 0 unspecified atom stereocenters. The largest absolute Gasteiger partial charge is 0.495 e. The van der Waals surface area contributed by atoms with Crippen molar-refractivity contribution in [2.75, 3.05) is 38.2 Å². The Bertz CT molecular complexity index is 1090. The molecule has 0 saturated carbocycles. The first-order chi connectivity index (χ1) is 14.0. The van der Waals surface area contributed by atoms with Gasteiger partial charge in [-0.1, -0.05) is 12.1 Å². The minimum atomic E-state index is -3.62. The Morgan fingerprint density at radius 2 is 1.62 bits per heavy atom. The van der Waals surface area contributed by atoms with Gasteiger partial charge in [0.2, 0.25) is 10.0 Å². The Morgan fingerprint density at radius 1 is 0.931 bits per heavy atom. The Morgan fingerprint density at radius 3 is 2.24 bits per heavy atom. The van der Waals surface area contributed by atoms with E-state index in [1.54, 1.807) is 28.9 Å². The highest BCUT2D eigenvalue weighted by Crippen LogP contribution is 2.27. The molecule has 1 aromatic carbocycles. The lowest BCUT2D eigenvalue weighted by Crippen LogP contribution is -2.49. The quantitative estimate of drug-likeness (QED) is 0.624. The molecule has 0 spiro atoms. The van der Waals surface area contributed by atoms with Gasteiger partial charge < -0.3 is 9.64 Å². The minimum Gasteiger partial charge on any atom is -0.495 e. The summed E-state index contributed by atoms with van der Waals surface area (Å²) in [6, 6.07) is 12.3. The fourth-order valence-corrected chi connectivity index (χ4v) is 4.86. The predicted molar refractivity (Wildman–Crippen MR) is 108 cm³/mol.